The minimum Gasteiger partial charge on any atom is -0.465 e. The molecule has 8 heteroatoms. The number of ether oxygens (including phenoxy) is 1. The van der Waals surface area contributed by atoms with Gasteiger partial charge in [-0.15, -0.1) is 24.9 Å². The van der Waals surface area contributed by atoms with Gasteiger partial charge in [-0.25, -0.2) is 0 Å². The van der Waals surface area contributed by atoms with Crippen LogP contribution in [0.25, 0.3) is 0 Å². The van der Waals surface area contributed by atoms with Gasteiger partial charge in [-0.1, -0.05) is 38.3 Å². The Morgan fingerprint density at radius 1 is 1.28 bits per heavy atom. The van der Waals surface area contributed by atoms with Gasteiger partial charge in [0.25, 0.3) is 0 Å². The molecule has 3 aliphatic heterocycles. The van der Waals surface area contributed by atoms with Crippen LogP contribution < -0.4 is 0 Å². The van der Waals surface area contributed by atoms with Crippen LogP contribution in [0.1, 0.15) is 71.6 Å². The van der Waals surface area contributed by atoms with Gasteiger partial charge in [0.2, 0.25) is 11.8 Å². The zero-order chi connectivity index (χ0) is 26.3. The Balaban J connectivity index is 1.92. The molecule has 7 nitrogen and oxygen atoms in total. The second kappa shape index (κ2) is 13.1. The maximum absolute atomic E-state index is 14.3. The van der Waals surface area contributed by atoms with E-state index in [1.165, 1.54) is 0 Å². The molecule has 3 heterocycles. The summed E-state index contributed by atoms with van der Waals surface area (Å²) in [5, 5.41) is 9.12. The van der Waals surface area contributed by atoms with Crippen molar-refractivity contribution in [3.05, 3.63) is 25.3 Å². The van der Waals surface area contributed by atoms with Crippen molar-refractivity contribution in [1.82, 2.24) is 9.80 Å². The minimum absolute atomic E-state index is 0.0121. The highest BCUT2D eigenvalue weighted by Gasteiger charge is 2.74. The topological polar surface area (TPSA) is 87.1 Å². The number of fused-ring (bicyclic) bond motifs is 1. The quantitative estimate of drug-likeness (QED) is 0.188. The molecule has 0 aromatic heterocycles. The van der Waals surface area contributed by atoms with Crippen LogP contribution in [0.5, 0.6) is 0 Å². The minimum atomic E-state index is -0.586. The Bertz CT molecular complexity index is 820. The van der Waals surface area contributed by atoms with E-state index in [0.29, 0.717) is 19.5 Å². The highest BCUT2D eigenvalue weighted by Crippen LogP contribution is 2.66. The zero-order valence-electron chi connectivity index (χ0n) is 22.0. The van der Waals surface area contributed by atoms with E-state index < -0.39 is 22.6 Å². The molecule has 2 amide bonds. The molecule has 0 aromatic carbocycles. The number of thioether (sulfide) groups is 1. The van der Waals surface area contributed by atoms with Gasteiger partial charge in [-0.3, -0.25) is 14.4 Å². The van der Waals surface area contributed by atoms with Gasteiger partial charge in [0.15, 0.2) is 0 Å². The molecule has 3 saturated heterocycles. The van der Waals surface area contributed by atoms with Crippen LogP contribution >= 0.6 is 11.8 Å². The largest absolute Gasteiger partial charge is 0.465 e. The van der Waals surface area contributed by atoms with Crippen LogP contribution in [-0.2, 0) is 19.1 Å². The smallest absolute Gasteiger partial charge is 0.310 e. The standard InChI is InChI=1S/C28H44N2O5S/c1-5-8-19-35-27(34)22-21-14-15-28(36-21)23(22)25(32)30(17-11-9-10-12-18-31)24(28)26(33)29(16-7-3)20(4)13-6-2/h5,7,20-24,31H,1,3,6,8-19H2,2,4H3/t20?,21-,22+,23+,24?,28?/m1/s1. The van der Waals surface area contributed by atoms with E-state index in [1.54, 1.807) is 28.8 Å². The molecule has 36 heavy (non-hydrogen) atoms. The first kappa shape index (κ1) is 28.8. The number of likely N-dealkylation sites (tertiary alicyclic amines) is 1. The first-order valence-corrected chi connectivity index (χ1v) is 14.5. The highest BCUT2D eigenvalue weighted by molar-refractivity contribution is 8.02. The van der Waals surface area contributed by atoms with Crippen molar-refractivity contribution < 1.29 is 24.2 Å². The summed E-state index contributed by atoms with van der Waals surface area (Å²) in [7, 11) is 0. The fraction of sp³-hybridized carbons (Fsp3) is 0.750. The number of hydrogen-bond donors (Lipinski definition) is 1. The molecule has 0 aliphatic carbocycles. The summed E-state index contributed by atoms with van der Waals surface area (Å²) in [4.78, 5) is 45.1. The Morgan fingerprint density at radius 3 is 2.69 bits per heavy atom. The summed E-state index contributed by atoms with van der Waals surface area (Å²) < 4.78 is 4.97. The van der Waals surface area contributed by atoms with Gasteiger partial charge >= 0.3 is 5.97 Å². The lowest BCUT2D eigenvalue weighted by Gasteiger charge is -2.39. The van der Waals surface area contributed by atoms with E-state index in [1.807, 2.05) is 4.90 Å². The SMILES string of the molecule is C=CCCOC(=O)[C@@H]1[C@H]2C(=O)N(CCCCCCO)C(C(=O)N(CC=C)C(C)CCC)C23CC[C@H]1S3. The van der Waals surface area contributed by atoms with Crippen LogP contribution in [0.2, 0.25) is 0 Å². The van der Waals surface area contributed by atoms with E-state index in [0.717, 1.165) is 51.4 Å². The third-order valence-electron chi connectivity index (χ3n) is 8.03. The van der Waals surface area contributed by atoms with Crippen LogP contribution in [-0.4, -0.2) is 81.1 Å². The molecule has 0 saturated carbocycles. The number of amides is 2. The predicted octanol–water partition coefficient (Wildman–Crippen LogP) is 3.95. The van der Waals surface area contributed by atoms with Crippen LogP contribution in [0.4, 0.5) is 0 Å². The van der Waals surface area contributed by atoms with Crippen molar-refractivity contribution >= 4 is 29.5 Å². The van der Waals surface area contributed by atoms with Gasteiger partial charge < -0.3 is 19.6 Å². The number of carbonyl (C=O) groups excluding carboxylic acids is 3. The van der Waals surface area contributed by atoms with E-state index in [-0.39, 0.29) is 42.3 Å². The van der Waals surface area contributed by atoms with Crippen LogP contribution in [0.15, 0.2) is 25.3 Å². The number of nitrogens with zero attached hydrogens (tertiary/aromatic N) is 2. The van der Waals surface area contributed by atoms with Crippen molar-refractivity contribution in [1.29, 1.82) is 0 Å². The maximum atomic E-state index is 14.3. The third-order valence-corrected chi connectivity index (χ3v) is 9.98. The van der Waals surface area contributed by atoms with E-state index in [4.69, 9.17) is 9.84 Å². The molecule has 1 N–H and O–H groups in total. The number of unbranched alkanes of at least 4 members (excludes halogenated alkanes) is 3. The molecule has 6 atom stereocenters. The molecule has 3 aliphatic rings. The molecule has 3 unspecified atom stereocenters. The Hall–Kier alpha value is -1.80. The molecule has 0 aromatic rings. The summed E-state index contributed by atoms with van der Waals surface area (Å²) in [6, 6.07) is -0.534. The first-order valence-electron chi connectivity index (χ1n) is 13.7. The normalized spacial score (nSPS) is 29.2. The average molecular weight is 521 g/mol. The third kappa shape index (κ3) is 5.54. The number of rotatable bonds is 16. The molecule has 3 rings (SSSR count). The van der Waals surface area contributed by atoms with Crippen molar-refractivity contribution in [2.75, 3.05) is 26.3 Å². The summed E-state index contributed by atoms with van der Waals surface area (Å²) in [6.45, 7) is 13.1. The fourth-order valence-corrected chi connectivity index (χ4v) is 8.59. The lowest BCUT2D eigenvalue weighted by Crippen LogP contribution is -2.56. The Labute approximate surface area is 220 Å². The molecule has 2 bridgehead atoms. The second-order valence-corrected chi connectivity index (χ2v) is 12.0. The van der Waals surface area contributed by atoms with Gasteiger partial charge in [-0.05, 0) is 45.4 Å². The fourth-order valence-electron chi connectivity index (χ4n) is 6.38. The summed E-state index contributed by atoms with van der Waals surface area (Å²) in [5.41, 5.74) is 0. The summed E-state index contributed by atoms with van der Waals surface area (Å²) in [6.07, 6.45) is 10.7. The second-order valence-electron chi connectivity index (χ2n) is 10.4. The summed E-state index contributed by atoms with van der Waals surface area (Å²) >= 11 is 1.69. The van der Waals surface area contributed by atoms with Crippen LogP contribution in [0, 0.1) is 11.8 Å². The average Bonchev–Trinajstić information content (AvgIpc) is 3.50. The molecule has 202 valence electrons. The van der Waals surface area contributed by atoms with Gasteiger partial charge in [0, 0.05) is 31.0 Å². The van der Waals surface area contributed by atoms with Crippen molar-refractivity contribution in [3.8, 4) is 0 Å². The van der Waals surface area contributed by atoms with E-state index in [2.05, 4.69) is 27.0 Å². The number of aliphatic hydroxyl groups excluding tert-OH is 1. The Morgan fingerprint density at radius 2 is 2.03 bits per heavy atom. The van der Waals surface area contributed by atoms with Crippen molar-refractivity contribution in [3.63, 3.8) is 0 Å². The number of esters is 1. The number of carbonyl (C=O) groups is 3. The highest BCUT2D eigenvalue weighted by atomic mass is 32.2. The molecule has 1 spiro atoms. The van der Waals surface area contributed by atoms with Crippen LogP contribution in [0.3, 0.4) is 0 Å². The number of hydrogen-bond acceptors (Lipinski definition) is 6. The molecular weight excluding hydrogens is 476 g/mol. The maximum Gasteiger partial charge on any atom is 0.310 e. The predicted molar refractivity (Wildman–Crippen MR) is 143 cm³/mol. The van der Waals surface area contributed by atoms with E-state index >= 15 is 0 Å². The van der Waals surface area contributed by atoms with Crippen molar-refractivity contribution in [2.45, 2.75) is 93.7 Å². The number of aliphatic hydroxyl groups is 1. The lowest BCUT2D eigenvalue weighted by molar-refractivity contribution is -0.154. The monoisotopic (exact) mass is 520 g/mol. The molecule has 3 fully saturated rings. The summed E-state index contributed by atoms with van der Waals surface area (Å²) in [5.74, 6) is -1.42. The van der Waals surface area contributed by atoms with E-state index in [9.17, 15) is 14.4 Å². The molecule has 0 radical (unpaired) electrons. The Kier molecular flexibility index (Phi) is 10.5. The lowest BCUT2D eigenvalue weighted by atomic mass is 9.71. The van der Waals surface area contributed by atoms with Gasteiger partial charge in [0.05, 0.1) is 23.2 Å². The van der Waals surface area contributed by atoms with Crippen molar-refractivity contribution in [2.24, 2.45) is 11.8 Å². The van der Waals surface area contributed by atoms with Gasteiger partial charge in [-0.2, -0.15) is 0 Å². The zero-order valence-corrected chi connectivity index (χ0v) is 22.8. The molecular formula is C28H44N2O5S. The van der Waals surface area contributed by atoms with Gasteiger partial charge in [0.1, 0.15) is 6.04 Å². The first-order chi connectivity index (χ1) is 17.4.